The van der Waals surface area contributed by atoms with Crippen molar-refractivity contribution in [1.82, 2.24) is 0 Å². The molecule has 1 fully saturated rings. The summed E-state index contributed by atoms with van der Waals surface area (Å²) < 4.78 is 5.06. The summed E-state index contributed by atoms with van der Waals surface area (Å²) in [4.78, 5) is 23.4. The molecule has 2 rings (SSSR count). The number of ether oxygens (including phenoxy) is 1. The molecule has 2 N–H and O–H groups in total. The van der Waals surface area contributed by atoms with Crippen LogP contribution in [0.3, 0.4) is 0 Å². The molecule has 1 aromatic rings. The van der Waals surface area contributed by atoms with Crippen LogP contribution in [0.2, 0.25) is 0 Å². The number of aliphatic carboxylic acids is 1. The number of para-hydroxylation sites is 1. The number of carbonyl (C=O) groups excluding carboxylic acids is 1. The molecule has 102 valence electrons. The summed E-state index contributed by atoms with van der Waals surface area (Å²) in [6.07, 6.45) is 1.58. The maximum Gasteiger partial charge on any atom is 0.319 e. The number of carboxylic acids is 1. The molecule has 1 aliphatic rings. The molecule has 5 nitrogen and oxygen atoms in total. The van der Waals surface area contributed by atoms with E-state index in [1.807, 2.05) is 12.1 Å². The van der Waals surface area contributed by atoms with E-state index in [9.17, 15) is 14.7 Å². The van der Waals surface area contributed by atoms with Crippen molar-refractivity contribution in [1.29, 1.82) is 0 Å². The molecule has 0 unspecified atom stereocenters. The lowest BCUT2D eigenvalue weighted by Crippen LogP contribution is -2.48. The average molecular weight is 263 g/mol. The Morgan fingerprint density at radius 2 is 2.05 bits per heavy atom. The molecule has 1 amide bonds. The summed E-state index contributed by atoms with van der Waals surface area (Å²) in [7, 11) is 1.57. The van der Waals surface area contributed by atoms with Crippen molar-refractivity contribution in [2.75, 3.05) is 12.4 Å². The van der Waals surface area contributed by atoms with Crippen molar-refractivity contribution in [3.63, 3.8) is 0 Å². The monoisotopic (exact) mass is 263 g/mol. The Hall–Kier alpha value is -1.88. The van der Waals surface area contributed by atoms with Gasteiger partial charge in [0, 0.05) is 18.4 Å². The molecule has 19 heavy (non-hydrogen) atoms. The Bertz CT molecular complexity index is 494. The lowest BCUT2D eigenvalue weighted by atomic mass is 9.68. The maximum atomic E-state index is 12.2. The Kier molecular flexibility index (Phi) is 3.85. The second-order valence-corrected chi connectivity index (χ2v) is 4.79. The molecule has 0 aliphatic heterocycles. The standard InChI is InChI=1S/C14H17NO4/c1-19-9-10-5-2-3-6-11(10)15-12(16)14(13(17)18)7-4-8-14/h2-3,5-6H,4,7-9H2,1H3,(H,15,16)(H,17,18). The van der Waals surface area contributed by atoms with Crippen molar-refractivity contribution >= 4 is 17.6 Å². The van der Waals surface area contributed by atoms with E-state index in [0.717, 1.165) is 12.0 Å². The molecule has 0 saturated heterocycles. The molecule has 0 atom stereocenters. The summed E-state index contributed by atoms with van der Waals surface area (Å²) in [6, 6.07) is 7.23. The third-order valence-electron chi connectivity index (χ3n) is 3.62. The second kappa shape index (κ2) is 5.40. The lowest BCUT2D eigenvalue weighted by Gasteiger charge is -2.35. The van der Waals surface area contributed by atoms with Crippen molar-refractivity contribution in [3.8, 4) is 0 Å². The molecular weight excluding hydrogens is 246 g/mol. The molecule has 1 saturated carbocycles. The number of nitrogens with one attached hydrogen (secondary N) is 1. The number of amides is 1. The zero-order valence-corrected chi connectivity index (χ0v) is 10.8. The summed E-state index contributed by atoms with van der Waals surface area (Å²) in [5.41, 5.74) is 0.195. The topological polar surface area (TPSA) is 75.6 Å². The van der Waals surface area contributed by atoms with Gasteiger partial charge in [-0.2, -0.15) is 0 Å². The van der Waals surface area contributed by atoms with Crippen LogP contribution >= 0.6 is 0 Å². The highest BCUT2D eigenvalue weighted by atomic mass is 16.5. The summed E-state index contributed by atoms with van der Waals surface area (Å²) >= 11 is 0. The van der Waals surface area contributed by atoms with Gasteiger partial charge in [-0.3, -0.25) is 9.59 Å². The van der Waals surface area contributed by atoms with Gasteiger partial charge >= 0.3 is 5.97 Å². The first-order chi connectivity index (χ1) is 9.10. The van der Waals surface area contributed by atoms with Gasteiger partial charge in [-0.1, -0.05) is 24.6 Å². The fourth-order valence-electron chi connectivity index (χ4n) is 2.23. The highest BCUT2D eigenvalue weighted by Gasteiger charge is 2.51. The minimum absolute atomic E-state index is 0.372. The Labute approximate surface area is 111 Å². The summed E-state index contributed by atoms with van der Waals surface area (Å²) in [5.74, 6) is -1.48. The van der Waals surface area contributed by atoms with Crippen molar-refractivity contribution in [3.05, 3.63) is 29.8 Å². The van der Waals surface area contributed by atoms with E-state index in [2.05, 4.69) is 5.32 Å². The van der Waals surface area contributed by atoms with Crippen molar-refractivity contribution in [2.45, 2.75) is 25.9 Å². The predicted molar refractivity (Wildman–Crippen MR) is 69.7 cm³/mol. The van der Waals surface area contributed by atoms with E-state index in [1.165, 1.54) is 0 Å². The highest BCUT2D eigenvalue weighted by Crippen LogP contribution is 2.42. The Morgan fingerprint density at radius 3 is 2.58 bits per heavy atom. The third-order valence-corrected chi connectivity index (χ3v) is 3.62. The van der Waals surface area contributed by atoms with E-state index in [4.69, 9.17) is 4.74 Å². The van der Waals surface area contributed by atoms with Crippen molar-refractivity contribution < 1.29 is 19.4 Å². The van der Waals surface area contributed by atoms with Gasteiger partial charge < -0.3 is 15.2 Å². The van der Waals surface area contributed by atoms with Gasteiger partial charge in [0.2, 0.25) is 5.91 Å². The molecule has 5 heteroatoms. The van der Waals surface area contributed by atoms with Crippen LogP contribution in [0.25, 0.3) is 0 Å². The first-order valence-electron chi connectivity index (χ1n) is 6.22. The predicted octanol–water partition coefficient (Wildman–Crippen LogP) is 2.03. The zero-order chi connectivity index (χ0) is 13.9. The van der Waals surface area contributed by atoms with E-state index in [-0.39, 0.29) is 0 Å². The number of rotatable bonds is 5. The van der Waals surface area contributed by atoms with Crippen molar-refractivity contribution in [2.24, 2.45) is 5.41 Å². The number of hydrogen-bond acceptors (Lipinski definition) is 3. The number of anilines is 1. The Balaban J connectivity index is 2.17. The molecular formula is C14H17NO4. The summed E-state index contributed by atoms with van der Waals surface area (Å²) in [6.45, 7) is 0.372. The van der Waals surface area contributed by atoms with Gasteiger partial charge in [0.1, 0.15) is 5.41 Å². The number of hydrogen-bond donors (Lipinski definition) is 2. The average Bonchev–Trinajstić information content (AvgIpc) is 2.30. The minimum atomic E-state index is -1.25. The van der Waals surface area contributed by atoms with Crippen LogP contribution in [-0.2, 0) is 20.9 Å². The van der Waals surface area contributed by atoms with E-state index in [1.54, 1.807) is 19.2 Å². The molecule has 0 radical (unpaired) electrons. The van der Waals surface area contributed by atoms with Crippen LogP contribution in [0.1, 0.15) is 24.8 Å². The molecule has 1 aliphatic carbocycles. The molecule has 0 heterocycles. The van der Waals surface area contributed by atoms with Crippen LogP contribution < -0.4 is 5.32 Å². The quantitative estimate of drug-likeness (QED) is 0.797. The van der Waals surface area contributed by atoms with E-state index >= 15 is 0 Å². The zero-order valence-electron chi connectivity index (χ0n) is 10.8. The van der Waals surface area contributed by atoms with Gasteiger partial charge in [-0.25, -0.2) is 0 Å². The SMILES string of the molecule is COCc1ccccc1NC(=O)C1(C(=O)O)CCC1. The van der Waals surface area contributed by atoms with Gasteiger partial charge in [0.05, 0.1) is 6.61 Å². The normalized spacial score (nSPS) is 16.5. The van der Waals surface area contributed by atoms with Crippen LogP contribution in [0.5, 0.6) is 0 Å². The number of benzene rings is 1. The molecule has 0 bridgehead atoms. The number of carboxylic acid groups (broad SMARTS) is 1. The molecule has 0 spiro atoms. The van der Waals surface area contributed by atoms with Gasteiger partial charge in [0.25, 0.3) is 0 Å². The fraction of sp³-hybridized carbons (Fsp3) is 0.429. The highest BCUT2D eigenvalue weighted by molar-refractivity contribution is 6.09. The van der Waals surface area contributed by atoms with Gasteiger partial charge in [0.15, 0.2) is 0 Å². The van der Waals surface area contributed by atoms with Gasteiger partial charge in [-0.15, -0.1) is 0 Å². The smallest absolute Gasteiger partial charge is 0.319 e. The van der Waals surface area contributed by atoms with Gasteiger partial charge in [-0.05, 0) is 18.9 Å². The first-order valence-corrected chi connectivity index (χ1v) is 6.22. The molecule has 0 aromatic heterocycles. The number of carbonyl (C=O) groups is 2. The minimum Gasteiger partial charge on any atom is -0.480 e. The van der Waals surface area contributed by atoms with E-state index in [0.29, 0.717) is 25.1 Å². The third kappa shape index (κ3) is 2.46. The van der Waals surface area contributed by atoms with Crippen LogP contribution in [0, 0.1) is 5.41 Å². The van der Waals surface area contributed by atoms with E-state index < -0.39 is 17.3 Å². The summed E-state index contributed by atoms with van der Waals surface area (Å²) in [5, 5.41) is 11.9. The van der Waals surface area contributed by atoms with Crippen LogP contribution in [0.15, 0.2) is 24.3 Å². The fourth-order valence-corrected chi connectivity index (χ4v) is 2.23. The molecule has 1 aromatic carbocycles. The largest absolute Gasteiger partial charge is 0.480 e. The second-order valence-electron chi connectivity index (χ2n) is 4.79. The lowest BCUT2D eigenvalue weighted by molar-refractivity contribution is -0.159. The van der Waals surface area contributed by atoms with Crippen LogP contribution in [-0.4, -0.2) is 24.1 Å². The number of methoxy groups -OCH3 is 1. The Morgan fingerprint density at radius 1 is 1.37 bits per heavy atom. The first kappa shape index (κ1) is 13.5. The van der Waals surface area contributed by atoms with Crippen LogP contribution in [0.4, 0.5) is 5.69 Å². The maximum absolute atomic E-state index is 12.2.